The minimum absolute atomic E-state index is 0.164. The lowest BCUT2D eigenvalue weighted by Gasteiger charge is -2.18. The predicted octanol–water partition coefficient (Wildman–Crippen LogP) is 2.68. The van der Waals surface area contributed by atoms with Crippen LogP contribution in [0, 0.1) is 12.3 Å². The minimum Gasteiger partial charge on any atom is -0.497 e. The van der Waals surface area contributed by atoms with Crippen molar-refractivity contribution in [3.63, 3.8) is 0 Å². The zero-order valence-corrected chi connectivity index (χ0v) is 10.5. The van der Waals surface area contributed by atoms with E-state index >= 15 is 0 Å². The average molecular weight is 229 g/mol. The van der Waals surface area contributed by atoms with Crippen molar-refractivity contribution in [1.82, 2.24) is 5.32 Å². The molecule has 0 bridgehead atoms. The van der Waals surface area contributed by atoms with Gasteiger partial charge in [0.15, 0.2) is 0 Å². The van der Waals surface area contributed by atoms with Crippen LogP contribution in [0.3, 0.4) is 0 Å². The molecule has 2 rings (SSSR count). The van der Waals surface area contributed by atoms with Gasteiger partial charge in [0.05, 0.1) is 13.2 Å². The zero-order chi connectivity index (χ0) is 12.3. The Morgan fingerprint density at radius 1 is 1.59 bits per heavy atom. The fourth-order valence-electron chi connectivity index (χ4n) is 2.41. The molecule has 0 saturated heterocycles. The Morgan fingerprint density at radius 2 is 2.41 bits per heavy atom. The molecule has 1 N–H and O–H groups in total. The van der Waals surface area contributed by atoms with Crippen LogP contribution in [-0.4, -0.2) is 13.2 Å². The Balaban J connectivity index is 2.18. The molecule has 0 aliphatic heterocycles. The Labute approximate surface area is 103 Å². The highest BCUT2D eigenvalue weighted by molar-refractivity contribution is 5.41. The van der Waals surface area contributed by atoms with E-state index in [0.717, 1.165) is 25.0 Å². The Bertz CT molecular complexity index is 433. The molecule has 1 aromatic carbocycles. The van der Waals surface area contributed by atoms with Crippen LogP contribution < -0.4 is 10.1 Å². The molecule has 2 atom stereocenters. The molecule has 2 heteroatoms. The quantitative estimate of drug-likeness (QED) is 0.801. The number of nitrogens with one attached hydrogen (secondary N) is 1. The summed E-state index contributed by atoms with van der Waals surface area (Å²) >= 11 is 0. The number of methoxy groups -OCH3 is 1. The van der Waals surface area contributed by atoms with E-state index in [1.54, 1.807) is 7.11 Å². The van der Waals surface area contributed by atoms with Crippen LogP contribution in [0.1, 0.15) is 36.9 Å². The third kappa shape index (κ3) is 2.45. The van der Waals surface area contributed by atoms with Crippen molar-refractivity contribution in [3.8, 4) is 18.1 Å². The lowest BCUT2D eigenvalue weighted by Crippen LogP contribution is -2.30. The van der Waals surface area contributed by atoms with Crippen LogP contribution in [-0.2, 0) is 6.42 Å². The molecule has 2 unspecified atom stereocenters. The van der Waals surface area contributed by atoms with Gasteiger partial charge in [-0.2, -0.15) is 0 Å². The molecule has 0 radical (unpaired) electrons. The molecule has 0 spiro atoms. The number of rotatable bonds is 4. The van der Waals surface area contributed by atoms with Gasteiger partial charge in [0, 0.05) is 6.04 Å². The first-order valence-corrected chi connectivity index (χ1v) is 6.17. The number of hydrogen-bond donors (Lipinski definition) is 1. The van der Waals surface area contributed by atoms with Crippen molar-refractivity contribution in [1.29, 1.82) is 0 Å². The van der Waals surface area contributed by atoms with E-state index < -0.39 is 0 Å². The summed E-state index contributed by atoms with van der Waals surface area (Å²) in [6.07, 6.45) is 8.71. The highest BCUT2D eigenvalue weighted by Gasteiger charge is 2.24. The summed E-state index contributed by atoms with van der Waals surface area (Å²) in [7, 11) is 1.70. The van der Waals surface area contributed by atoms with Crippen LogP contribution in [0.5, 0.6) is 5.75 Å². The Kier molecular flexibility index (Phi) is 3.71. The fraction of sp³-hybridized carbons (Fsp3) is 0.467. The number of hydrogen-bond acceptors (Lipinski definition) is 2. The monoisotopic (exact) mass is 229 g/mol. The Hall–Kier alpha value is -1.46. The number of benzene rings is 1. The molecular formula is C15H19NO. The van der Waals surface area contributed by atoms with Crippen molar-refractivity contribution >= 4 is 0 Å². The maximum atomic E-state index is 5.50. The standard InChI is InChI=1S/C15H19NO/c1-4-12(5-2)16-15-9-7-11-6-8-13(17-3)10-14(11)15/h1,6,8,10,12,15-16H,5,7,9H2,2-3H3. The summed E-state index contributed by atoms with van der Waals surface area (Å²) in [6.45, 7) is 2.11. The van der Waals surface area contributed by atoms with E-state index in [1.807, 2.05) is 6.07 Å². The SMILES string of the molecule is C#CC(CC)NC1CCc2ccc(OC)cc21. The summed E-state index contributed by atoms with van der Waals surface area (Å²) in [6, 6.07) is 6.86. The molecule has 1 aromatic rings. The fourth-order valence-corrected chi connectivity index (χ4v) is 2.41. The van der Waals surface area contributed by atoms with Crippen LogP contribution in [0.2, 0.25) is 0 Å². The van der Waals surface area contributed by atoms with Crippen LogP contribution in [0.4, 0.5) is 0 Å². The van der Waals surface area contributed by atoms with Gasteiger partial charge in [-0.1, -0.05) is 18.9 Å². The molecule has 90 valence electrons. The van der Waals surface area contributed by atoms with Gasteiger partial charge in [0.2, 0.25) is 0 Å². The maximum absolute atomic E-state index is 5.50. The first-order chi connectivity index (χ1) is 8.28. The van der Waals surface area contributed by atoms with E-state index in [2.05, 4.69) is 30.3 Å². The normalized spacial score (nSPS) is 19.5. The van der Waals surface area contributed by atoms with Gasteiger partial charge in [0.25, 0.3) is 0 Å². The summed E-state index contributed by atoms with van der Waals surface area (Å²) < 4.78 is 5.28. The van der Waals surface area contributed by atoms with Gasteiger partial charge in [-0.15, -0.1) is 6.42 Å². The highest BCUT2D eigenvalue weighted by atomic mass is 16.5. The largest absolute Gasteiger partial charge is 0.497 e. The van der Waals surface area contributed by atoms with Crippen LogP contribution in [0.25, 0.3) is 0 Å². The van der Waals surface area contributed by atoms with Gasteiger partial charge in [-0.25, -0.2) is 0 Å². The predicted molar refractivity (Wildman–Crippen MR) is 70.1 cm³/mol. The second-order valence-corrected chi connectivity index (χ2v) is 4.45. The van der Waals surface area contributed by atoms with E-state index in [4.69, 9.17) is 11.2 Å². The van der Waals surface area contributed by atoms with E-state index in [1.165, 1.54) is 11.1 Å². The zero-order valence-electron chi connectivity index (χ0n) is 10.5. The van der Waals surface area contributed by atoms with E-state index in [0.29, 0.717) is 6.04 Å². The first kappa shape index (κ1) is 12.0. The van der Waals surface area contributed by atoms with Gasteiger partial charge in [-0.3, -0.25) is 5.32 Å². The third-order valence-corrected chi connectivity index (χ3v) is 3.44. The summed E-state index contributed by atoms with van der Waals surface area (Å²) in [5.41, 5.74) is 2.76. The molecule has 0 aromatic heterocycles. The molecule has 0 heterocycles. The van der Waals surface area contributed by atoms with Gasteiger partial charge in [0.1, 0.15) is 5.75 Å². The van der Waals surface area contributed by atoms with Gasteiger partial charge in [-0.05, 0) is 42.5 Å². The highest BCUT2D eigenvalue weighted by Crippen LogP contribution is 2.34. The van der Waals surface area contributed by atoms with E-state index in [9.17, 15) is 0 Å². The molecule has 17 heavy (non-hydrogen) atoms. The maximum Gasteiger partial charge on any atom is 0.119 e. The first-order valence-electron chi connectivity index (χ1n) is 6.17. The summed E-state index contributed by atoms with van der Waals surface area (Å²) in [5.74, 6) is 3.72. The molecule has 0 amide bonds. The van der Waals surface area contributed by atoms with Gasteiger partial charge < -0.3 is 4.74 Å². The minimum atomic E-state index is 0.164. The molecule has 2 nitrogen and oxygen atoms in total. The smallest absolute Gasteiger partial charge is 0.119 e. The van der Waals surface area contributed by atoms with Crippen molar-refractivity contribution in [2.45, 2.75) is 38.3 Å². The van der Waals surface area contributed by atoms with Crippen molar-refractivity contribution < 1.29 is 4.74 Å². The summed E-state index contributed by atoms with van der Waals surface area (Å²) in [4.78, 5) is 0. The number of ether oxygens (including phenoxy) is 1. The average Bonchev–Trinajstić information content (AvgIpc) is 2.78. The van der Waals surface area contributed by atoms with Crippen LogP contribution >= 0.6 is 0 Å². The second-order valence-electron chi connectivity index (χ2n) is 4.45. The lowest BCUT2D eigenvalue weighted by atomic mass is 10.1. The Morgan fingerprint density at radius 3 is 3.06 bits per heavy atom. The number of aryl methyl sites for hydroxylation is 1. The van der Waals surface area contributed by atoms with Crippen LogP contribution in [0.15, 0.2) is 18.2 Å². The van der Waals surface area contributed by atoms with Crippen molar-refractivity contribution in [2.24, 2.45) is 0 Å². The second kappa shape index (κ2) is 5.25. The molecular weight excluding hydrogens is 210 g/mol. The molecule has 0 fully saturated rings. The van der Waals surface area contributed by atoms with Gasteiger partial charge >= 0.3 is 0 Å². The summed E-state index contributed by atoms with van der Waals surface area (Å²) in [5, 5.41) is 3.53. The number of fused-ring (bicyclic) bond motifs is 1. The van der Waals surface area contributed by atoms with Crippen molar-refractivity contribution in [3.05, 3.63) is 29.3 Å². The molecule has 0 saturated carbocycles. The number of terminal acetylenes is 1. The topological polar surface area (TPSA) is 21.3 Å². The van der Waals surface area contributed by atoms with Crippen molar-refractivity contribution in [2.75, 3.05) is 7.11 Å². The molecule has 1 aliphatic carbocycles. The molecule has 1 aliphatic rings. The lowest BCUT2D eigenvalue weighted by molar-refractivity contribution is 0.412. The third-order valence-electron chi connectivity index (χ3n) is 3.44. The van der Waals surface area contributed by atoms with E-state index in [-0.39, 0.29) is 6.04 Å².